The van der Waals surface area contributed by atoms with Crippen LogP contribution < -0.4 is 10.9 Å². The molecule has 2 aromatic carbocycles. The standard InChI is InChI=1S/C26H28ClN3O5/c1-16-11-20(27)8-9-22(16)23(12-24(29-35)19-7-10-25(33)30(2)14-19)17-3-5-18(6-4-17)26(34)28-13-21(32)15-31/h3-11,14,21,23,31-32,35H,12-13,15H2,1-2H3,(H,28,34)/t21-,23?/m1/s1. The maximum atomic E-state index is 12.4. The van der Waals surface area contributed by atoms with E-state index in [2.05, 4.69) is 10.5 Å². The second-order valence-corrected chi connectivity index (χ2v) is 8.78. The quantitative estimate of drug-likeness (QED) is 0.205. The van der Waals surface area contributed by atoms with Crippen LogP contribution in [0.25, 0.3) is 0 Å². The molecule has 1 unspecified atom stereocenters. The topological polar surface area (TPSA) is 124 Å². The Kier molecular flexibility index (Phi) is 8.81. The number of amides is 1. The molecule has 184 valence electrons. The first-order chi connectivity index (χ1) is 16.7. The van der Waals surface area contributed by atoms with Gasteiger partial charge in [0.05, 0.1) is 18.4 Å². The number of carbonyl (C=O) groups excluding carboxylic acids is 1. The second kappa shape index (κ2) is 11.8. The van der Waals surface area contributed by atoms with Crippen molar-refractivity contribution >= 4 is 23.2 Å². The van der Waals surface area contributed by atoms with E-state index >= 15 is 0 Å². The average molecular weight is 498 g/mol. The molecule has 2 atom stereocenters. The zero-order chi connectivity index (χ0) is 25.5. The van der Waals surface area contributed by atoms with Crippen molar-refractivity contribution in [1.82, 2.24) is 9.88 Å². The minimum absolute atomic E-state index is 0.0560. The maximum Gasteiger partial charge on any atom is 0.251 e. The van der Waals surface area contributed by atoms with Crippen molar-refractivity contribution in [2.24, 2.45) is 12.2 Å². The summed E-state index contributed by atoms with van der Waals surface area (Å²) < 4.78 is 1.42. The summed E-state index contributed by atoms with van der Waals surface area (Å²) in [6.45, 7) is 1.45. The minimum Gasteiger partial charge on any atom is -0.411 e. The van der Waals surface area contributed by atoms with Crippen LogP contribution in [0.15, 0.2) is 70.7 Å². The molecule has 0 spiro atoms. The lowest BCUT2D eigenvalue weighted by molar-refractivity contribution is 0.0802. The van der Waals surface area contributed by atoms with Crippen LogP contribution in [0.4, 0.5) is 0 Å². The summed E-state index contributed by atoms with van der Waals surface area (Å²) >= 11 is 6.17. The predicted octanol–water partition coefficient (Wildman–Crippen LogP) is 2.83. The van der Waals surface area contributed by atoms with Gasteiger partial charge in [0.2, 0.25) is 5.56 Å². The van der Waals surface area contributed by atoms with Gasteiger partial charge in [0, 0.05) is 54.3 Å². The zero-order valence-electron chi connectivity index (χ0n) is 19.5. The zero-order valence-corrected chi connectivity index (χ0v) is 20.2. The molecular weight excluding hydrogens is 470 g/mol. The molecule has 3 aromatic rings. The highest BCUT2D eigenvalue weighted by Gasteiger charge is 2.21. The van der Waals surface area contributed by atoms with Crippen molar-refractivity contribution in [2.75, 3.05) is 13.2 Å². The number of benzene rings is 2. The molecule has 0 aliphatic rings. The van der Waals surface area contributed by atoms with Crippen LogP contribution in [0.5, 0.6) is 0 Å². The maximum absolute atomic E-state index is 12.4. The fourth-order valence-electron chi connectivity index (χ4n) is 3.86. The molecule has 3 rings (SSSR count). The Morgan fingerprint density at radius 2 is 1.80 bits per heavy atom. The van der Waals surface area contributed by atoms with Gasteiger partial charge < -0.3 is 25.3 Å². The van der Waals surface area contributed by atoms with Crippen LogP contribution in [-0.4, -0.2) is 50.9 Å². The number of carbonyl (C=O) groups is 1. The first-order valence-electron chi connectivity index (χ1n) is 11.0. The Morgan fingerprint density at radius 3 is 2.40 bits per heavy atom. The van der Waals surface area contributed by atoms with Crippen molar-refractivity contribution < 1.29 is 20.2 Å². The predicted molar refractivity (Wildman–Crippen MR) is 135 cm³/mol. The second-order valence-electron chi connectivity index (χ2n) is 8.34. The monoisotopic (exact) mass is 497 g/mol. The molecule has 0 saturated heterocycles. The Bertz CT molecular complexity index is 1270. The molecule has 8 nitrogen and oxygen atoms in total. The van der Waals surface area contributed by atoms with Crippen molar-refractivity contribution in [3.05, 3.63) is 104 Å². The van der Waals surface area contributed by atoms with Gasteiger partial charge in [0.1, 0.15) is 0 Å². The molecule has 1 amide bonds. The Morgan fingerprint density at radius 1 is 1.11 bits per heavy atom. The van der Waals surface area contributed by atoms with Crippen LogP contribution in [0.2, 0.25) is 5.02 Å². The summed E-state index contributed by atoms with van der Waals surface area (Å²) in [6.07, 6.45) is 0.923. The third-order valence-electron chi connectivity index (χ3n) is 5.83. The number of hydrogen-bond acceptors (Lipinski definition) is 6. The number of aliphatic hydroxyl groups excluding tert-OH is 2. The van der Waals surface area contributed by atoms with Crippen molar-refractivity contribution in [3.8, 4) is 0 Å². The lowest BCUT2D eigenvalue weighted by Crippen LogP contribution is -2.33. The van der Waals surface area contributed by atoms with Crippen LogP contribution in [0, 0.1) is 6.92 Å². The van der Waals surface area contributed by atoms with E-state index in [4.69, 9.17) is 16.7 Å². The van der Waals surface area contributed by atoms with E-state index in [1.165, 1.54) is 10.6 Å². The van der Waals surface area contributed by atoms with Crippen molar-refractivity contribution in [1.29, 1.82) is 0 Å². The summed E-state index contributed by atoms with van der Waals surface area (Å²) in [6, 6.07) is 15.6. The van der Waals surface area contributed by atoms with E-state index in [1.807, 2.05) is 31.2 Å². The van der Waals surface area contributed by atoms with E-state index in [-0.39, 0.29) is 23.9 Å². The highest BCUT2D eigenvalue weighted by Crippen LogP contribution is 2.33. The minimum atomic E-state index is -1.02. The Hall–Kier alpha value is -3.46. The van der Waals surface area contributed by atoms with E-state index in [1.54, 1.807) is 37.5 Å². The summed E-state index contributed by atoms with van der Waals surface area (Å²) in [7, 11) is 1.63. The number of rotatable bonds is 9. The molecule has 0 aliphatic heterocycles. The number of aliphatic hydroxyl groups is 2. The van der Waals surface area contributed by atoms with Crippen LogP contribution >= 0.6 is 11.6 Å². The molecule has 1 aromatic heterocycles. The fraction of sp³-hybridized carbons (Fsp3) is 0.269. The molecule has 0 bridgehead atoms. The largest absolute Gasteiger partial charge is 0.411 e. The van der Waals surface area contributed by atoms with Gasteiger partial charge in [-0.3, -0.25) is 9.59 Å². The van der Waals surface area contributed by atoms with Gasteiger partial charge in [-0.05, 0) is 53.9 Å². The van der Waals surface area contributed by atoms with E-state index in [0.717, 1.165) is 16.7 Å². The van der Waals surface area contributed by atoms with Crippen LogP contribution in [0.3, 0.4) is 0 Å². The van der Waals surface area contributed by atoms with Gasteiger partial charge in [0.25, 0.3) is 5.91 Å². The third-order valence-corrected chi connectivity index (χ3v) is 6.06. The van der Waals surface area contributed by atoms with E-state index in [0.29, 0.717) is 28.3 Å². The fourth-order valence-corrected chi connectivity index (χ4v) is 4.08. The van der Waals surface area contributed by atoms with Gasteiger partial charge in [-0.25, -0.2) is 0 Å². The lowest BCUT2D eigenvalue weighted by Gasteiger charge is -2.21. The first-order valence-corrected chi connectivity index (χ1v) is 11.4. The van der Waals surface area contributed by atoms with Crippen molar-refractivity contribution in [2.45, 2.75) is 25.4 Å². The molecule has 0 saturated carbocycles. The molecule has 1 heterocycles. The number of aromatic nitrogens is 1. The SMILES string of the molecule is Cc1cc(Cl)ccc1C(CC(=NO)c1ccc(=O)n(C)c1)c1ccc(C(=O)NC[C@@H](O)CO)cc1. The summed E-state index contributed by atoms with van der Waals surface area (Å²) in [5.74, 6) is -0.602. The van der Waals surface area contributed by atoms with E-state index < -0.39 is 12.7 Å². The highest BCUT2D eigenvalue weighted by molar-refractivity contribution is 6.30. The third kappa shape index (κ3) is 6.57. The molecular formula is C26H28ClN3O5. The lowest BCUT2D eigenvalue weighted by atomic mass is 9.83. The molecule has 35 heavy (non-hydrogen) atoms. The number of pyridine rings is 1. The normalized spacial score (nSPS) is 13.3. The van der Waals surface area contributed by atoms with E-state index in [9.17, 15) is 19.9 Å². The van der Waals surface area contributed by atoms with Crippen LogP contribution in [-0.2, 0) is 7.05 Å². The summed E-state index contributed by atoms with van der Waals surface area (Å²) in [4.78, 5) is 24.2. The number of aryl methyl sites for hydroxylation is 2. The molecule has 4 N–H and O–H groups in total. The number of oxime groups is 1. The summed E-state index contributed by atoms with van der Waals surface area (Å²) in [5.41, 5.74) is 4.07. The van der Waals surface area contributed by atoms with Crippen molar-refractivity contribution in [3.63, 3.8) is 0 Å². The number of nitrogens with one attached hydrogen (secondary N) is 1. The summed E-state index contributed by atoms with van der Waals surface area (Å²) in [5, 5.41) is 34.9. The Labute approximate surface area is 208 Å². The van der Waals surface area contributed by atoms with Gasteiger partial charge >= 0.3 is 0 Å². The number of hydrogen-bond donors (Lipinski definition) is 4. The molecule has 0 radical (unpaired) electrons. The molecule has 0 aliphatic carbocycles. The van der Waals surface area contributed by atoms with Gasteiger partial charge in [-0.2, -0.15) is 0 Å². The first kappa shape index (κ1) is 26.2. The number of nitrogens with zero attached hydrogens (tertiary/aromatic N) is 2. The number of halogens is 1. The highest BCUT2D eigenvalue weighted by atomic mass is 35.5. The van der Waals surface area contributed by atoms with Gasteiger partial charge in [-0.15, -0.1) is 0 Å². The van der Waals surface area contributed by atoms with Gasteiger partial charge in [0.15, 0.2) is 0 Å². The van der Waals surface area contributed by atoms with Gasteiger partial charge in [-0.1, -0.05) is 35.0 Å². The Balaban J connectivity index is 1.95. The van der Waals surface area contributed by atoms with Crippen LogP contribution in [0.1, 0.15) is 45.0 Å². The molecule has 9 heteroatoms. The average Bonchev–Trinajstić information content (AvgIpc) is 2.85. The smallest absolute Gasteiger partial charge is 0.251 e. The molecule has 0 fully saturated rings.